The van der Waals surface area contributed by atoms with Crippen LogP contribution in [0.1, 0.15) is 22.6 Å². The molecule has 0 bridgehead atoms. The van der Waals surface area contributed by atoms with Crippen molar-refractivity contribution in [2.75, 3.05) is 13.2 Å². The summed E-state index contributed by atoms with van der Waals surface area (Å²) in [4.78, 5) is 17.3. The monoisotopic (exact) mass is 527 g/mol. The van der Waals surface area contributed by atoms with Crippen LogP contribution in [0.5, 0.6) is 5.75 Å². The summed E-state index contributed by atoms with van der Waals surface area (Å²) in [6.45, 7) is 1.92. The van der Waals surface area contributed by atoms with Crippen LogP contribution in [0.25, 0.3) is 21.8 Å². The molecule has 5 aromatic rings. The third kappa shape index (κ3) is 5.38. The number of aryl methyl sites for hydroxylation is 1. The topological polar surface area (TPSA) is 56.2 Å². The summed E-state index contributed by atoms with van der Waals surface area (Å²) in [5.41, 5.74) is 2.71. The standard InChI is InChI=1S/C29H26BrN3O2/c30-23-11-5-10-22(20-23)29(34)31-17-16-28-32-25-13-3-4-14-26(25)33(28)18-7-19-35-27-15-6-9-21-8-1-2-12-24(21)27/h1-6,8-15,20H,7,16-19H2,(H,31,34). The molecule has 0 saturated heterocycles. The van der Waals surface area contributed by atoms with Gasteiger partial charge in [-0.15, -0.1) is 0 Å². The average molecular weight is 528 g/mol. The zero-order valence-electron chi connectivity index (χ0n) is 19.3. The molecule has 1 amide bonds. The van der Waals surface area contributed by atoms with E-state index in [4.69, 9.17) is 9.72 Å². The van der Waals surface area contributed by atoms with Gasteiger partial charge in [0.2, 0.25) is 0 Å². The first-order valence-corrected chi connectivity index (χ1v) is 12.6. The Labute approximate surface area is 212 Å². The van der Waals surface area contributed by atoms with Gasteiger partial charge in [-0.25, -0.2) is 4.98 Å². The molecule has 0 unspecified atom stereocenters. The van der Waals surface area contributed by atoms with Crippen molar-refractivity contribution in [3.8, 4) is 5.75 Å². The lowest BCUT2D eigenvalue weighted by Gasteiger charge is -2.12. The van der Waals surface area contributed by atoms with Crippen LogP contribution in [0.15, 0.2) is 95.5 Å². The third-order valence-corrected chi connectivity index (χ3v) is 6.48. The molecule has 0 aliphatic heterocycles. The summed E-state index contributed by atoms with van der Waals surface area (Å²) >= 11 is 3.42. The number of imidazole rings is 1. The van der Waals surface area contributed by atoms with E-state index in [9.17, 15) is 4.79 Å². The number of aromatic nitrogens is 2. The first kappa shape index (κ1) is 23.1. The summed E-state index contributed by atoms with van der Waals surface area (Å²) < 4.78 is 9.28. The Morgan fingerprint density at radius 1 is 0.943 bits per heavy atom. The highest BCUT2D eigenvalue weighted by molar-refractivity contribution is 9.10. The molecule has 0 spiro atoms. The minimum absolute atomic E-state index is 0.0857. The number of ether oxygens (including phenoxy) is 1. The van der Waals surface area contributed by atoms with E-state index in [0.717, 1.165) is 45.4 Å². The predicted molar refractivity (Wildman–Crippen MR) is 144 cm³/mol. The van der Waals surface area contributed by atoms with Gasteiger partial charge in [0, 0.05) is 34.9 Å². The van der Waals surface area contributed by atoms with E-state index in [1.807, 2.05) is 66.7 Å². The zero-order chi connectivity index (χ0) is 24.0. The van der Waals surface area contributed by atoms with Crippen molar-refractivity contribution in [3.05, 3.63) is 107 Å². The van der Waals surface area contributed by atoms with Crippen molar-refractivity contribution in [1.29, 1.82) is 0 Å². The molecule has 0 saturated carbocycles. The SMILES string of the molecule is O=C(NCCc1nc2ccccc2n1CCCOc1cccc2ccccc12)c1cccc(Br)c1. The molecule has 6 heteroatoms. The second-order valence-electron chi connectivity index (χ2n) is 8.36. The second-order valence-corrected chi connectivity index (χ2v) is 9.28. The fourth-order valence-corrected chi connectivity index (χ4v) is 4.71. The fourth-order valence-electron chi connectivity index (χ4n) is 4.31. The molecule has 4 aromatic carbocycles. The molecule has 0 atom stereocenters. The number of hydrogen-bond acceptors (Lipinski definition) is 3. The Balaban J connectivity index is 1.23. The molecular weight excluding hydrogens is 502 g/mol. The van der Waals surface area contributed by atoms with Crippen molar-refractivity contribution in [2.45, 2.75) is 19.4 Å². The van der Waals surface area contributed by atoms with Gasteiger partial charge in [0.25, 0.3) is 5.91 Å². The number of halogens is 1. The molecule has 1 aromatic heterocycles. The van der Waals surface area contributed by atoms with Crippen molar-refractivity contribution in [1.82, 2.24) is 14.9 Å². The van der Waals surface area contributed by atoms with E-state index in [1.54, 1.807) is 0 Å². The van der Waals surface area contributed by atoms with Crippen molar-refractivity contribution in [3.63, 3.8) is 0 Å². The fraction of sp³-hybridized carbons (Fsp3) is 0.172. The summed E-state index contributed by atoms with van der Waals surface area (Å²) in [5, 5.41) is 5.32. The van der Waals surface area contributed by atoms with Gasteiger partial charge in [-0.1, -0.05) is 70.5 Å². The Kier molecular flexibility index (Phi) is 7.09. The highest BCUT2D eigenvalue weighted by Crippen LogP contribution is 2.25. The largest absolute Gasteiger partial charge is 0.493 e. The average Bonchev–Trinajstić information content (AvgIpc) is 3.24. The van der Waals surface area contributed by atoms with E-state index in [0.29, 0.717) is 25.1 Å². The van der Waals surface area contributed by atoms with Crippen LogP contribution in [-0.4, -0.2) is 28.6 Å². The van der Waals surface area contributed by atoms with Gasteiger partial charge >= 0.3 is 0 Å². The molecule has 0 aliphatic rings. The van der Waals surface area contributed by atoms with Gasteiger partial charge < -0.3 is 14.6 Å². The van der Waals surface area contributed by atoms with E-state index < -0.39 is 0 Å². The first-order chi connectivity index (χ1) is 17.2. The van der Waals surface area contributed by atoms with Crippen LogP contribution >= 0.6 is 15.9 Å². The van der Waals surface area contributed by atoms with Crippen LogP contribution in [0, 0.1) is 0 Å². The Morgan fingerprint density at radius 2 is 1.74 bits per heavy atom. The quantitative estimate of drug-likeness (QED) is 0.226. The van der Waals surface area contributed by atoms with Gasteiger partial charge in [-0.2, -0.15) is 0 Å². The van der Waals surface area contributed by atoms with Crippen molar-refractivity contribution >= 4 is 43.6 Å². The maximum absolute atomic E-state index is 12.5. The number of fused-ring (bicyclic) bond motifs is 2. The van der Waals surface area contributed by atoms with E-state index in [-0.39, 0.29) is 5.91 Å². The number of nitrogens with one attached hydrogen (secondary N) is 1. The van der Waals surface area contributed by atoms with Gasteiger partial charge in [0.15, 0.2) is 0 Å². The Morgan fingerprint density at radius 3 is 2.66 bits per heavy atom. The van der Waals surface area contributed by atoms with Gasteiger partial charge in [0.1, 0.15) is 11.6 Å². The zero-order valence-corrected chi connectivity index (χ0v) is 20.9. The molecular formula is C29H26BrN3O2. The van der Waals surface area contributed by atoms with Crippen molar-refractivity contribution in [2.24, 2.45) is 0 Å². The summed E-state index contributed by atoms with van der Waals surface area (Å²) in [6.07, 6.45) is 1.50. The van der Waals surface area contributed by atoms with Gasteiger partial charge in [-0.3, -0.25) is 4.79 Å². The van der Waals surface area contributed by atoms with Gasteiger partial charge in [0.05, 0.1) is 17.6 Å². The normalized spacial score (nSPS) is 11.1. The maximum Gasteiger partial charge on any atom is 0.251 e. The number of rotatable bonds is 9. The minimum Gasteiger partial charge on any atom is -0.493 e. The van der Waals surface area contributed by atoms with Crippen molar-refractivity contribution < 1.29 is 9.53 Å². The van der Waals surface area contributed by atoms with Gasteiger partial charge in [-0.05, 0) is 48.2 Å². The number of nitrogens with zero attached hydrogens (tertiary/aromatic N) is 2. The predicted octanol–water partition coefficient (Wildman–Crippen LogP) is 6.39. The molecule has 1 heterocycles. The minimum atomic E-state index is -0.0857. The number of carbonyl (C=O) groups is 1. The third-order valence-electron chi connectivity index (χ3n) is 5.99. The number of para-hydroxylation sites is 2. The smallest absolute Gasteiger partial charge is 0.251 e. The highest BCUT2D eigenvalue weighted by Gasteiger charge is 2.12. The molecule has 1 N–H and O–H groups in total. The van der Waals surface area contributed by atoms with Crippen LogP contribution in [0.2, 0.25) is 0 Å². The molecule has 0 radical (unpaired) electrons. The maximum atomic E-state index is 12.5. The molecule has 0 fully saturated rings. The first-order valence-electron chi connectivity index (χ1n) is 11.8. The molecule has 5 nitrogen and oxygen atoms in total. The summed E-state index contributed by atoms with van der Waals surface area (Å²) in [7, 11) is 0. The second kappa shape index (κ2) is 10.7. The van der Waals surface area contributed by atoms with Crippen LogP contribution in [0.3, 0.4) is 0 Å². The van der Waals surface area contributed by atoms with Crippen LogP contribution in [-0.2, 0) is 13.0 Å². The number of amides is 1. The Hall–Kier alpha value is -3.64. The highest BCUT2D eigenvalue weighted by atomic mass is 79.9. The van der Waals surface area contributed by atoms with Crippen LogP contribution < -0.4 is 10.1 Å². The van der Waals surface area contributed by atoms with E-state index >= 15 is 0 Å². The number of carbonyl (C=O) groups excluding carboxylic acids is 1. The number of benzene rings is 4. The molecule has 0 aliphatic carbocycles. The molecule has 35 heavy (non-hydrogen) atoms. The molecule has 176 valence electrons. The molecule has 5 rings (SSSR count). The number of hydrogen-bond donors (Lipinski definition) is 1. The van der Waals surface area contributed by atoms with E-state index in [1.165, 1.54) is 5.39 Å². The summed E-state index contributed by atoms with van der Waals surface area (Å²) in [6, 6.07) is 30.0. The lowest BCUT2D eigenvalue weighted by atomic mass is 10.1. The summed E-state index contributed by atoms with van der Waals surface area (Å²) in [5.74, 6) is 1.79. The lowest BCUT2D eigenvalue weighted by Crippen LogP contribution is -2.26. The van der Waals surface area contributed by atoms with Crippen LogP contribution in [0.4, 0.5) is 0 Å². The van der Waals surface area contributed by atoms with E-state index in [2.05, 4.69) is 50.1 Å². The lowest BCUT2D eigenvalue weighted by molar-refractivity contribution is 0.0954. The Bertz CT molecular complexity index is 1470.